The van der Waals surface area contributed by atoms with E-state index in [4.69, 9.17) is 5.73 Å². The van der Waals surface area contributed by atoms with Crippen molar-refractivity contribution in [2.45, 2.75) is 39.0 Å². The Morgan fingerprint density at radius 3 is 2.20 bits per heavy atom. The minimum Gasteiger partial charge on any atom is -0.405 e. The van der Waals surface area contributed by atoms with Crippen LogP contribution < -0.4 is 5.73 Å². The van der Waals surface area contributed by atoms with Crippen LogP contribution in [0.3, 0.4) is 0 Å². The van der Waals surface area contributed by atoms with Crippen LogP contribution in [0, 0.1) is 0 Å². The number of nitrogens with zero attached hydrogens (tertiary/aromatic N) is 1. The van der Waals surface area contributed by atoms with E-state index in [-0.39, 0.29) is 0 Å². The highest BCUT2D eigenvalue weighted by Gasteiger charge is 1.82. The van der Waals surface area contributed by atoms with Crippen LogP contribution in [-0.4, -0.2) is 4.98 Å². The Morgan fingerprint density at radius 2 is 1.80 bits per heavy atom. The molecule has 0 spiro atoms. The van der Waals surface area contributed by atoms with E-state index in [0.29, 0.717) is 0 Å². The molecule has 2 heteroatoms. The van der Waals surface area contributed by atoms with E-state index in [1.165, 1.54) is 25.7 Å². The minimum absolute atomic E-state index is 1.15. The van der Waals surface area contributed by atoms with Crippen LogP contribution in [0.25, 0.3) is 0 Å². The molecule has 15 heavy (non-hydrogen) atoms. The van der Waals surface area contributed by atoms with E-state index in [1.54, 1.807) is 18.6 Å². The molecular formula is C13H22N2. The number of pyridine rings is 1. The largest absolute Gasteiger partial charge is 0.405 e. The van der Waals surface area contributed by atoms with Gasteiger partial charge < -0.3 is 5.73 Å². The maximum Gasteiger partial charge on any atom is 0.0267 e. The van der Waals surface area contributed by atoms with Gasteiger partial charge in [-0.05, 0) is 31.2 Å². The quantitative estimate of drug-likeness (QED) is 0.749. The van der Waals surface area contributed by atoms with Gasteiger partial charge in [-0.25, -0.2) is 0 Å². The van der Waals surface area contributed by atoms with Gasteiger partial charge in [0, 0.05) is 12.4 Å². The monoisotopic (exact) mass is 206 g/mol. The van der Waals surface area contributed by atoms with Gasteiger partial charge in [0.05, 0.1) is 0 Å². The number of rotatable bonds is 5. The van der Waals surface area contributed by atoms with E-state index in [0.717, 1.165) is 6.42 Å². The summed E-state index contributed by atoms with van der Waals surface area (Å²) in [6.45, 7) is 2.22. The predicted molar refractivity (Wildman–Crippen MR) is 66.3 cm³/mol. The van der Waals surface area contributed by atoms with Crippen molar-refractivity contribution in [3.05, 3.63) is 42.9 Å². The summed E-state index contributed by atoms with van der Waals surface area (Å²) in [6, 6.07) is 5.72. The summed E-state index contributed by atoms with van der Waals surface area (Å²) in [6.07, 6.45) is 13.6. The van der Waals surface area contributed by atoms with Gasteiger partial charge in [0.25, 0.3) is 0 Å². The van der Waals surface area contributed by atoms with E-state index >= 15 is 0 Å². The first-order chi connectivity index (χ1) is 7.41. The van der Waals surface area contributed by atoms with Crippen LogP contribution in [0.2, 0.25) is 0 Å². The van der Waals surface area contributed by atoms with Crippen LogP contribution in [0.15, 0.2) is 42.9 Å². The normalized spacial score (nSPS) is 9.67. The molecule has 1 aromatic rings. The van der Waals surface area contributed by atoms with Crippen molar-refractivity contribution in [2.24, 2.45) is 5.73 Å². The number of hydrogen-bond acceptors (Lipinski definition) is 2. The molecule has 1 rings (SSSR count). The highest BCUT2D eigenvalue weighted by atomic mass is 14.6. The Morgan fingerprint density at radius 1 is 1.07 bits per heavy atom. The molecule has 0 bridgehead atoms. The number of nitrogens with two attached hydrogens (primary N) is 1. The number of allylic oxidation sites excluding steroid dienone is 1. The third-order valence-electron chi connectivity index (χ3n) is 1.93. The smallest absolute Gasteiger partial charge is 0.0267 e. The van der Waals surface area contributed by atoms with Crippen molar-refractivity contribution in [1.29, 1.82) is 0 Å². The van der Waals surface area contributed by atoms with Crippen molar-refractivity contribution < 1.29 is 0 Å². The third kappa shape index (κ3) is 12.7. The van der Waals surface area contributed by atoms with Gasteiger partial charge in [0.2, 0.25) is 0 Å². The molecule has 0 aliphatic rings. The zero-order valence-electron chi connectivity index (χ0n) is 9.60. The lowest BCUT2D eigenvalue weighted by atomic mass is 10.1. The van der Waals surface area contributed by atoms with Crippen molar-refractivity contribution in [3.8, 4) is 0 Å². The van der Waals surface area contributed by atoms with Gasteiger partial charge in [-0.15, -0.1) is 0 Å². The van der Waals surface area contributed by atoms with Crippen molar-refractivity contribution in [2.75, 3.05) is 0 Å². The molecule has 2 nitrogen and oxygen atoms in total. The predicted octanol–water partition coefficient (Wildman–Crippen LogP) is 3.51. The average molecular weight is 206 g/mol. The third-order valence-corrected chi connectivity index (χ3v) is 1.93. The topological polar surface area (TPSA) is 38.9 Å². The highest BCUT2D eigenvalue weighted by Crippen LogP contribution is 2.01. The summed E-state index contributed by atoms with van der Waals surface area (Å²) in [4.78, 5) is 3.78. The first-order valence-corrected chi connectivity index (χ1v) is 5.63. The number of aromatic nitrogens is 1. The van der Waals surface area contributed by atoms with Gasteiger partial charge in [-0.1, -0.05) is 38.3 Å². The molecule has 2 N–H and O–H groups in total. The number of unbranched alkanes of at least 4 members (excludes halogenated alkanes) is 4. The lowest BCUT2D eigenvalue weighted by Crippen LogP contribution is -1.77. The molecule has 0 atom stereocenters. The maximum absolute atomic E-state index is 5.16. The van der Waals surface area contributed by atoms with Crippen molar-refractivity contribution >= 4 is 0 Å². The molecule has 1 heterocycles. The van der Waals surface area contributed by atoms with Crippen molar-refractivity contribution in [3.63, 3.8) is 0 Å². The molecule has 0 fully saturated rings. The van der Waals surface area contributed by atoms with E-state index < -0.39 is 0 Å². The SMILES string of the molecule is CCCCCCC=CN.c1ccncc1. The molecular weight excluding hydrogens is 184 g/mol. The van der Waals surface area contributed by atoms with E-state index in [2.05, 4.69) is 11.9 Å². The highest BCUT2D eigenvalue weighted by molar-refractivity contribution is 4.88. The van der Waals surface area contributed by atoms with Crippen LogP contribution in [0.4, 0.5) is 0 Å². The zero-order chi connectivity index (χ0) is 11.2. The van der Waals surface area contributed by atoms with Crippen LogP contribution in [0.1, 0.15) is 39.0 Å². The first-order valence-electron chi connectivity index (χ1n) is 5.63. The summed E-state index contributed by atoms with van der Waals surface area (Å²) in [5.41, 5.74) is 5.16. The van der Waals surface area contributed by atoms with E-state index in [1.807, 2.05) is 24.3 Å². The fraction of sp³-hybridized carbons (Fsp3) is 0.462. The molecule has 0 unspecified atom stereocenters. The molecule has 0 aliphatic carbocycles. The first kappa shape index (κ1) is 13.7. The fourth-order valence-corrected chi connectivity index (χ4v) is 1.10. The van der Waals surface area contributed by atoms with Crippen LogP contribution >= 0.6 is 0 Å². The van der Waals surface area contributed by atoms with Crippen LogP contribution in [0.5, 0.6) is 0 Å². The second-order valence-electron chi connectivity index (χ2n) is 3.30. The molecule has 0 saturated heterocycles. The Hall–Kier alpha value is -1.31. The summed E-state index contributed by atoms with van der Waals surface area (Å²) in [5, 5.41) is 0. The number of hydrogen-bond donors (Lipinski definition) is 1. The standard InChI is InChI=1S/C8H17N.C5H5N/c1-2-3-4-5-6-7-8-9;1-2-4-6-5-3-1/h7-8H,2-6,9H2,1H3;1-5H. The van der Waals surface area contributed by atoms with Gasteiger partial charge in [0.1, 0.15) is 0 Å². The van der Waals surface area contributed by atoms with Gasteiger partial charge >= 0.3 is 0 Å². The molecule has 0 aliphatic heterocycles. The van der Waals surface area contributed by atoms with Crippen LogP contribution in [-0.2, 0) is 0 Å². The molecule has 0 saturated carbocycles. The molecule has 1 aromatic heterocycles. The summed E-state index contributed by atoms with van der Waals surface area (Å²) in [5.74, 6) is 0. The molecule has 0 amide bonds. The molecule has 84 valence electrons. The zero-order valence-corrected chi connectivity index (χ0v) is 9.60. The molecule has 0 radical (unpaired) electrons. The second-order valence-corrected chi connectivity index (χ2v) is 3.30. The molecule has 0 aromatic carbocycles. The lowest BCUT2D eigenvalue weighted by molar-refractivity contribution is 0.674. The maximum atomic E-state index is 5.16. The summed E-state index contributed by atoms with van der Waals surface area (Å²) >= 11 is 0. The Kier molecular flexibility index (Phi) is 11.6. The Balaban J connectivity index is 0.000000280. The average Bonchev–Trinajstić information content (AvgIpc) is 2.32. The summed E-state index contributed by atoms with van der Waals surface area (Å²) in [7, 11) is 0. The summed E-state index contributed by atoms with van der Waals surface area (Å²) < 4.78 is 0. The minimum atomic E-state index is 1.15. The second kappa shape index (κ2) is 12.7. The lowest BCUT2D eigenvalue weighted by Gasteiger charge is -1.92. The Labute approximate surface area is 93.2 Å². The van der Waals surface area contributed by atoms with Crippen molar-refractivity contribution in [1.82, 2.24) is 4.98 Å². The van der Waals surface area contributed by atoms with Gasteiger partial charge in [-0.2, -0.15) is 0 Å². The van der Waals surface area contributed by atoms with Gasteiger partial charge in [-0.3, -0.25) is 4.98 Å². The van der Waals surface area contributed by atoms with E-state index in [9.17, 15) is 0 Å². The van der Waals surface area contributed by atoms with Gasteiger partial charge in [0.15, 0.2) is 0 Å². The Bertz CT molecular complexity index is 193. The fourth-order valence-electron chi connectivity index (χ4n) is 1.10.